The van der Waals surface area contributed by atoms with E-state index in [1.165, 1.54) is 23.0 Å². The van der Waals surface area contributed by atoms with Gasteiger partial charge in [0.05, 0.1) is 23.8 Å². The molecule has 0 aliphatic carbocycles. The Bertz CT molecular complexity index is 1030. The van der Waals surface area contributed by atoms with E-state index in [2.05, 4.69) is 4.98 Å². The van der Waals surface area contributed by atoms with Crippen LogP contribution in [0.4, 0.5) is 4.39 Å². The van der Waals surface area contributed by atoms with Crippen molar-refractivity contribution < 1.29 is 18.7 Å². The summed E-state index contributed by atoms with van der Waals surface area (Å²) in [6.45, 7) is 3.73. The fourth-order valence-corrected chi connectivity index (χ4v) is 2.65. The van der Waals surface area contributed by atoms with Gasteiger partial charge in [0.15, 0.2) is 0 Å². The molecule has 1 heterocycles. The van der Waals surface area contributed by atoms with E-state index < -0.39 is 12.0 Å². The highest BCUT2D eigenvalue weighted by atomic mass is 19.1. The Morgan fingerprint density at radius 2 is 2.07 bits per heavy atom. The Kier molecular flexibility index (Phi) is 5.49. The number of esters is 1. The summed E-state index contributed by atoms with van der Waals surface area (Å²) in [4.78, 5) is 28.8. The van der Waals surface area contributed by atoms with Crippen LogP contribution in [0.1, 0.15) is 25.5 Å². The summed E-state index contributed by atoms with van der Waals surface area (Å²) in [5, 5.41) is 0.367. The van der Waals surface area contributed by atoms with Crippen LogP contribution in [0.25, 0.3) is 10.9 Å². The zero-order chi connectivity index (χ0) is 19.4. The third-order valence-corrected chi connectivity index (χ3v) is 4.09. The van der Waals surface area contributed by atoms with E-state index >= 15 is 0 Å². The first-order chi connectivity index (χ1) is 13.0. The molecule has 0 aliphatic heterocycles. The van der Waals surface area contributed by atoms with Crippen LogP contribution >= 0.6 is 0 Å². The fourth-order valence-electron chi connectivity index (χ4n) is 2.65. The molecule has 7 heteroatoms. The van der Waals surface area contributed by atoms with Gasteiger partial charge in [-0.15, -0.1) is 0 Å². The van der Waals surface area contributed by atoms with Gasteiger partial charge < -0.3 is 9.47 Å². The number of rotatable bonds is 6. The summed E-state index contributed by atoms with van der Waals surface area (Å²) in [7, 11) is 0. The SMILES string of the molecule is CCOC(=O)C(C)n1cnc2cc(OCc3cccc(F)c3)ccc2c1=O. The monoisotopic (exact) mass is 370 g/mol. The molecule has 1 atom stereocenters. The highest BCUT2D eigenvalue weighted by molar-refractivity contribution is 5.80. The summed E-state index contributed by atoms with van der Waals surface area (Å²) in [5.74, 6) is -0.307. The molecule has 0 fully saturated rings. The molecule has 0 bridgehead atoms. The lowest BCUT2D eigenvalue weighted by molar-refractivity contribution is -0.146. The number of ether oxygens (including phenoxy) is 2. The number of hydrogen-bond acceptors (Lipinski definition) is 5. The van der Waals surface area contributed by atoms with Crippen LogP contribution in [-0.4, -0.2) is 22.1 Å². The molecule has 3 rings (SSSR count). The summed E-state index contributed by atoms with van der Waals surface area (Å²) >= 11 is 0. The van der Waals surface area contributed by atoms with Crippen LogP contribution in [0.5, 0.6) is 5.75 Å². The molecule has 0 spiro atoms. The van der Waals surface area contributed by atoms with Crippen molar-refractivity contribution >= 4 is 16.9 Å². The zero-order valence-corrected chi connectivity index (χ0v) is 15.0. The van der Waals surface area contributed by atoms with Crippen molar-refractivity contribution in [2.24, 2.45) is 0 Å². The molecule has 2 aromatic carbocycles. The van der Waals surface area contributed by atoms with Crippen LogP contribution in [0, 0.1) is 5.82 Å². The van der Waals surface area contributed by atoms with E-state index in [0.29, 0.717) is 22.2 Å². The standard InChI is InChI=1S/C20H19FN2O4/c1-3-26-20(25)13(2)23-12-22-18-10-16(7-8-17(18)19(23)24)27-11-14-5-4-6-15(21)9-14/h4-10,12-13H,3,11H2,1-2H3. The van der Waals surface area contributed by atoms with Crippen molar-refractivity contribution in [2.45, 2.75) is 26.5 Å². The predicted molar refractivity (Wildman–Crippen MR) is 98.1 cm³/mol. The summed E-state index contributed by atoms with van der Waals surface area (Å²) in [6, 6.07) is 10.2. The lowest BCUT2D eigenvalue weighted by Crippen LogP contribution is -2.29. The van der Waals surface area contributed by atoms with Gasteiger partial charge in [-0.25, -0.2) is 14.2 Å². The van der Waals surface area contributed by atoms with Gasteiger partial charge >= 0.3 is 5.97 Å². The number of carbonyl (C=O) groups is 1. The Hall–Kier alpha value is -3.22. The van der Waals surface area contributed by atoms with E-state index in [0.717, 1.165) is 0 Å². The van der Waals surface area contributed by atoms with Crippen LogP contribution in [0.3, 0.4) is 0 Å². The van der Waals surface area contributed by atoms with Gasteiger partial charge in [0.25, 0.3) is 5.56 Å². The van der Waals surface area contributed by atoms with Crippen LogP contribution in [0.15, 0.2) is 53.6 Å². The predicted octanol–water partition coefficient (Wildman–Crippen LogP) is 3.24. The minimum absolute atomic E-state index is 0.195. The normalized spacial score (nSPS) is 12.0. The largest absolute Gasteiger partial charge is 0.489 e. The minimum atomic E-state index is -0.766. The maximum atomic E-state index is 13.2. The quantitative estimate of drug-likeness (QED) is 0.623. The maximum absolute atomic E-state index is 13.2. The maximum Gasteiger partial charge on any atom is 0.328 e. The summed E-state index contributed by atoms with van der Waals surface area (Å²) in [5.41, 5.74) is 0.808. The third kappa shape index (κ3) is 4.13. The first kappa shape index (κ1) is 18.6. The van der Waals surface area contributed by atoms with Crippen molar-refractivity contribution in [1.29, 1.82) is 0 Å². The van der Waals surface area contributed by atoms with Crippen molar-refractivity contribution in [2.75, 3.05) is 6.61 Å². The van der Waals surface area contributed by atoms with E-state index in [-0.39, 0.29) is 24.6 Å². The Balaban J connectivity index is 1.83. The highest BCUT2D eigenvalue weighted by Crippen LogP contribution is 2.19. The number of aromatic nitrogens is 2. The number of nitrogens with zero attached hydrogens (tertiary/aromatic N) is 2. The first-order valence-corrected chi connectivity index (χ1v) is 8.54. The van der Waals surface area contributed by atoms with E-state index in [1.54, 1.807) is 44.2 Å². The Labute approximate surface area is 155 Å². The topological polar surface area (TPSA) is 70.4 Å². The first-order valence-electron chi connectivity index (χ1n) is 8.54. The molecular formula is C20H19FN2O4. The smallest absolute Gasteiger partial charge is 0.328 e. The Morgan fingerprint density at radius 1 is 1.26 bits per heavy atom. The molecule has 0 aliphatic rings. The van der Waals surface area contributed by atoms with Crippen molar-refractivity contribution in [3.63, 3.8) is 0 Å². The van der Waals surface area contributed by atoms with Crippen LogP contribution in [-0.2, 0) is 16.1 Å². The molecule has 6 nitrogen and oxygen atoms in total. The second-order valence-electron chi connectivity index (χ2n) is 5.98. The third-order valence-electron chi connectivity index (χ3n) is 4.09. The summed E-state index contributed by atoms with van der Waals surface area (Å²) in [6.07, 6.45) is 1.32. The lowest BCUT2D eigenvalue weighted by Gasteiger charge is -2.14. The molecule has 1 aromatic heterocycles. The molecule has 0 saturated carbocycles. The molecule has 3 aromatic rings. The number of hydrogen-bond donors (Lipinski definition) is 0. The number of halogens is 1. The van der Waals surface area contributed by atoms with Gasteiger partial charge in [-0.05, 0) is 43.7 Å². The van der Waals surface area contributed by atoms with Gasteiger partial charge in [0.1, 0.15) is 24.2 Å². The van der Waals surface area contributed by atoms with Crippen molar-refractivity contribution in [1.82, 2.24) is 9.55 Å². The number of fused-ring (bicyclic) bond motifs is 1. The Morgan fingerprint density at radius 3 is 2.81 bits per heavy atom. The molecule has 27 heavy (non-hydrogen) atoms. The minimum Gasteiger partial charge on any atom is -0.489 e. The number of carbonyl (C=O) groups excluding carboxylic acids is 1. The van der Waals surface area contributed by atoms with Crippen molar-refractivity contribution in [3.8, 4) is 5.75 Å². The summed E-state index contributed by atoms with van der Waals surface area (Å²) < 4.78 is 25.1. The fraction of sp³-hybridized carbons (Fsp3) is 0.250. The van der Waals surface area contributed by atoms with Gasteiger partial charge in [-0.1, -0.05) is 12.1 Å². The average Bonchev–Trinajstić information content (AvgIpc) is 2.66. The molecule has 140 valence electrons. The molecule has 0 radical (unpaired) electrons. The van der Waals surface area contributed by atoms with E-state index in [9.17, 15) is 14.0 Å². The second-order valence-corrected chi connectivity index (χ2v) is 5.98. The van der Waals surface area contributed by atoms with Gasteiger partial charge in [-0.2, -0.15) is 0 Å². The van der Waals surface area contributed by atoms with Gasteiger partial charge in [0.2, 0.25) is 0 Å². The second kappa shape index (κ2) is 7.99. The number of benzene rings is 2. The molecule has 0 saturated heterocycles. The average molecular weight is 370 g/mol. The highest BCUT2D eigenvalue weighted by Gasteiger charge is 2.18. The molecular weight excluding hydrogens is 351 g/mol. The van der Waals surface area contributed by atoms with Gasteiger partial charge in [-0.3, -0.25) is 9.36 Å². The molecule has 1 unspecified atom stereocenters. The van der Waals surface area contributed by atoms with E-state index in [4.69, 9.17) is 9.47 Å². The van der Waals surface area contributed by atoms with E-state index in [1.807, 2.05) is 0 Å². The molecule has 0 amide bonds. The van der Waals surface area contributed by atoms with Crippen LogP contribution < -0.4 is 10.3 Å². The lowest BCUT2D eigenvalue weighted by atomic mass is 10.2. The van der Waals surface area contributed by atoms with Crippen molar-refractivity contribution in [3.05, 3.63) is 70.5 Å². The molecule has 0 N–H and O–H groups in total. The van der Waals surface area contributed by atoms with Gasteiger partial charge in [0, 0.05) is 6.07 Å². The zero-order valence-electron chi connectivity index (χ0n) is 15.0. The van der Waals surface area contributed by atoms with Crippen LogP contribution in [0.2, 0.25) is 0 Å².